The molecular weight excluding hydrogens is 322 g/mol. The Labute approximate surface area is 153 Å². The quantitative estimate of drug-likeness (QED) is 0.712. The van der Waals surface area contributed by atoms with Crippen molar-refractivity contribution >= 4 is 17.2 Å². The minimum absolute atomic E-state index is 0.200. The molecule has 26 heavy (non-hydrogen) atoms. The molecule has 4 heterocycles. The molecule has 0 aliphatic carbocycles. The summed E-state index contributed by atoms with van der Waals surface area (Å²) in [6.07, 6.45) is 11.4. The van der Waals surface area contributed by atoms with Crippen LogP contribution in [0.3, 0.4) is 0 Å². The fourth-order valence-electron chi connectivity index (χ4n) is 4.42. The van der Waals surface area contributed by atoms with Gasteiger partial charge in [-0.15, -0.1) is 0 Å². The highest BCUT2D eigenvalue weighted by Crippen LogP contribution is 2.49. The molecule has 0 amide bonds. The highest BCUT2D eigenvalue weighted by atomic mass is 15.2. The van der Waals surface area contributed by atoms with Crippen LogP contribution < -0.4 is 9.80 Å². The lowest BCUT2D eigenvalue weighted by Gasteiger charge is -2.40. The zero-order chi connectivity index (χ0) is 17.4. The Hall–Kier alpha value is -2.95. The Kier molecular flexibility index (Phi) is 3.59. The molecule has 2 aliphatic rings. The van der Waals surface area contributed by atoms with Gasteiger partial charge in [-0.2, -0.15) is 0 Å². The van der Waals surface area contributed by atoms with Crippen LogP contribution in [0.2, 0.25) is 0 Å². The number of piperidine rings is 1. The number of aromatic nitrogens is 3. The van der Waals surface area contributed by atoms with Crippen molar-refractivity contribution in [3.63, 3.8) is 0 Å². The highest BCUT2D eigenvalue weighted by molar-refractivity contribution is 5.72. The van der Waals surface area contributed by atoms with Crippen molar-refractivity contribution in [2.45, 2.75) is 18.3 Å². The fourth-order valence-corrected chi connectivity index (χ4v) is 4.42. The smallest absolute Gasteiger partial charge is 0.147 e. The summed E-state index contributed by atoms with van der Waals surface area (Å²) >= 11 is 0. The zero-order valence-corrected chi connectivity index (χ0v) is 14.6. The third-order valence-electron chi connectivity index (χ3n) is 5.78. The van der Waals surface area contributed by atoms with E-state index in [-0.39, 0.29) is 5.41 Å². The summed E-state index contributed by atoms with van der Waals surface area (Å²) in [6, 6.07) is 13.0. The van der Waals surface area contributed by atoms with Gasteiger partial charge in [-0.1, -0.05) is 18.2 Å². The molecule has 5 nitrogen and oxygen atoms in total. The van der Waals surface area contributed by atoms with Crippen molar-refractivity contribution in [1.82, 2.24) is 15.0 Å². The zero-order valence-electron chi connectivity index (χ0n) is 14.6. The number of hydrogen-bond acceptors (Lipinski definition) is 5. The van der Waals surface area contributed by atoms with Gasteiger partial charge in [-0.05, 0) is 36.6 Å². The minimum atomic E-state index is 0.200. The summed E-state index contributed by atoms with van der Waals surface area (Å²) in [5, 5.41) is 0. The molecular formula is C21H21N5. The van der Waals surface area contributed by atoms with E-state index in [2.05, 4.69) is 55.1 Å². The summed E-state index contributed by atoms with van der Waals surface area (Å²) in [7, 11) is 0. The highest BCUT2D eigenvalue weighted by Gasteiger charge is 2.45. The third-order valence-corrected chi connectivity index (χ3v) is 5.78. The van der Waals surface area contributed by atoms with E-state index >= 15 is 0 Å². The normalized spacial score (nSPS) is 18.2. The lowest BCUT2D eigenvalue weighted by molar-refractivity contribution is 0.354. The van der Waals surface area contributed by atoms with Crippen LogP contribution in [0.15, 0.2) is 67.4 Å². The lowest BCUT2D eigenvalue weighted by Crippen LogP contribution is -2.45. The van der Waals surface area contributed by atoms with E-state index < -0.39 is 0 Å². The van der Waals surface area contributed by atoms with Gasteiger partial charge in [-0.25, -0.2) is 4.98 Å². The largest absolute Gasteiger partial charge is 0.355 e. The van der Waals surface area contributed by atoms with Crippen molar-refractivity contribution in [2.24, 2.45) is 0 Å². The van der Waals surface area contributed by atoms with Gasteiger partial charge in [0, 0.05) is 49.3 Å². The molecule has 0 radical (unpaired) electrons. The lowest BCUT2D eigenvalue weighted by atomic mass is 9.74. The maximum Gasteiger partial charge on any atom is 0.147 e. The number of anilines is 3. The van der Waals surface area contributed by atoms with Crippen LogP contribution in [0.1, 0.15) is 18.4 Å². The second-order valence-corrected chi connectivity index (χ2v) is 7.15. The first-order valence-electron chi connectivity index (χ1n) is 9.14. The van der Waals surface area contributed by atoms with Crippen molar-refractivity contribution in [3.05, 3.63) is 72.9 Å². The number of rotatable bonds is 2. The van der Waals surface area contributed by atoms with Gasteiger partial charge in [0.15, 0.2) is 0 Å². The van der Waals surface area contributed by atoms with E-state index in [0.29, 0.717) is 0 Å². The molecule has 1 saturated heterocycles. The molecule has 1 spiro atoms. The van der Waals surface area contributed by atoms with Gasteiger partial charge in [0.05, 0.1) is 18.1 Å². The molecule has 5 heteroatoms. The number of benzene rings is 1. The van der Waals surface area contributed by atoms with E-state index in [1.54, 1.807) is 12.4 Å². The SMILES string of the molecule is c1cncc(N2CC3(CCN(c4cnccn4)CC3)c3ccccc32)c1. The maximum absolute atomic E-state index is 4.47. The minimum Gasteiger partial charge on any atom is -0.355 e. The average molecular weight is 343 g/mol. The molecule has 2 aliphatic heterocycles. The first kappa shape index (κ1) is 15.3. The third kappa shape index (κ3) is 2.43. The van der Waals surface area contributed by atoms with Crippen LogP contribution in [0.5, 0.6) is 0 Å². The van der Waals surface area contributed by atoms with Crippen LogP contribution in [-0.4, -0.2) is 34.6 Å². The van der Waals surface area contributed by atoms with Crippen molar-refractivity contribution in [2.75, 3.05) is 29.4 Å². The van der Waals surface area contributed by atoms with Crippen LogP contribution in [-0.2, 0) is 5.41 Å². The fraction of sp³-hybridized carbons (Fsp3) is 0.286. The standard InChI is InChI=1S/C21H21N5/c1-2-6-19-18(5-1)21(16-26(19)17-4-3-9-22-14-17)7-12-25(13-8-21)20-15-23-10-11-24-20/h1-6,9-11,14-15H,7-8,12-13,16H2. The summed E-state index contributed by atoms with van der Waals surface area (Å²) < 4.78 is 0. The Morgan fingerprint density at radius 1 is 0.846 bits per heavy atom. The Balaban J connectivity index is 1.45. The maximum atomic E-state index is 4.47. The van der Waals surface area contributed by atoms with Crippen LogP contribution in [0, 0.1) is 0 Å². The summed E-state index contributed by atoms with van der Waals surface area (Å²) in [6.45, 7) is 3.04. The topological polar surface area (TPSA) is 45.2 Å². The number of pyridine rings is 1. The van der Waals surface area contributed by atoms with Gasteiger partial charge >= 0.3 is 0 Å². The van der Waals surface area contributed by atoms with E-state index in [4.69, 9.17) is 0 Å². The van der Waals surface area contributed by atoms with Crippen LogP contribution in [0.25, 0.3) is 0 Å². The predicted octanol–water partition coefficient (Wildman–Crippen LogP) is 3.56. The summed E-state index contributed by atoms with van der Waals surface area (Å²) in [5.74, 6) is 0.984. The molecule has 130 valence electrons. The first-order chi connectivity index (χ1) is 12.9. The Morgan fingerprint density at radius 3 is 2.46 bits per heavy atom. The van der Waals surface area contributed by atoms with E-state index in [1.165, 1.54) is 16.9 Å². The number of nitrogens with zero attached hydrogens (tertiary/aromatic N) is 5. The average Bonchev–Trinajstić information content (AvgIpc) is 3.04. The number of fused-ring (bicyclic) bond motifs is 2. The van der Waals surface area contributed by atoms with Gasteiger partial charge in [0.25, 0.3) is 0 Å². The molecule has 3 aromatic rings. The first-order valence-corrected chi connectivity index (χ1v) is 9.14. The Bertz CT molecular complexity index is 889. The van der Waals surface area contributed by atoms with Gasteiger partial charge in [0.2, 0.25) is 0 Å². The monoisotopic (exact) mass is 343 g/mol. The van der Waals surface area contributed by atoms with E-state index in [9.17, 15) is 0 Å². The van der Waals surface area contributed by atoms with Crippen molar-refractivity contribution in [3.8, 4) is 0 Å². The predicted molar refractivity (Wildman–Crippen MR) is 103 cm³/mol. The van der Waals surface area contributed by atoms with Crippen molar-refractivity contribution < 1.29 is 0 Å². The molecule has 1 aromatic carbocycles. The molecule has 0 unspecified atom stereocenters. The van der Waals surface area contributed by atoms with Crippen LogP contribution >= 0.6 is 0 Å². The summed E-state index contributed by atoms with van der Waals surface area (Å²) in [5.41, 5.74) is 4.18. The molecule has 0 saturated carbocycles. The number of hydrogen-bond donors (Lipinski definition) is 0. The van der Waals surface area contributed by atoms with Crippen molar-refractivity contribution in [1.29, 1.82) is 0 Å². The second-order valence-electron chi connectivity index (χ2n) is 7.15. The molecule has 2 aromatic heterocycles. The second kappa shape index (κ2) is 6.09. The molecule has 0 atom stereocenters. The molecule has 0 N–H and O–H groups in total. The molecule has 5 rings (SSSR count). The molecule has 1 fully saturated rings. The van der Waals surface area contributed by atoms with Crippen LogP contribution in [0.4, 0.5) is 17.2 Å². The Morgan fingerprint density at radius 2 is 1.69 bits per heavy atom. The van der Waals surface area contributed by atoms with E-state index in [1.807, 2.05) is 24.7 Å². The molecule has 0 bridgehead atoms. The van der Waals surface area contributed by atoms with Gasteiger partial charge < -0.3 is 9.80 Å². The van der Waals surface area contributed by atoms with Gasteiger partial charge in [0.1, 0.15) is 5.82 Å². The number of para-hydroxylation sites is 1. The summed E-state index contributed by atoms with van der Waals surface area (Å²) in [4.78, 5) is 17.8. The van der Waals surface area contributed by atoms with E-state index in [0.717, 1.165) is 38.3 Å². The van der Waals surface area contributed by atoms with Gasteiger partial charge in [-0.3, -0.25) is 9.97 Å².